The second-order valence-electron chi connectivity index (χ2n) is 19.3. The molecule has 412 valence electrons. The molecule has 0 spiro atoms. The summed E-state index contributed by atoms with van der Waals surface area (Å²) in [6, 6.07) is -7.06. The fraction of sp³-hybridized carbons (Fsp3) is 0.667. The maximum atomic E-state index is 14.1. The minimum absolute atomic E-state index is 0.0382. The maximum absolute atomic E-state index is 14.1. The minimum atomic E-state index is -1.85. The van der Waals surface area contributed by atoms with E-state index in [0.29, 0.717) is 37.8 Å². The molecular weight excluding hydrogens is 955 g/mol. The van der Waals surface area contributed by atoms with E-state index in [0.717, 1.165) is 0 Å². The van der Waals surface area contributed by atoms with Crippen molar-refractivity contribution >= 4 is 59.2 Å². The lowest BCUT2D eigenvalue weighted by Gasteiger charge is -2.30. The molecule has 0 aromatic heterocycles. The van der Waals surface area contributed by atoms with Gasteiger partial charge in [0.1, 0.15) is 54.1 Å². The number of aliphatic carboxylic acids is 2. The maximum Gasteiger partial charge on any atom is 0.326 e. The number of rotatable bonds is 34. The fourth-order valence-corrected chi connectivity index (χ4v) is 7.27. The summed E-state index contributed by atoms with van der Waals surface area (Å²) < 4.78 is 0. The summed E-state index contributed by atoms with van der Waals surface area (Å²) in [7, 11) is 0. The summed E-state index contributed by atoms with van der Waals surface area (Å²) >= 11 is 0. The number of nitrogens with two attached hydrogens (primary N) is 3. The van der Waals surface area contributed by atoms with E-state index in [-0.39, 0.29) is 43.9 Å². The molecule has 0 aliphatic heterocycles. The Hall–Kier alpha value is -6.44. The third-order valence-corrected chi connectivity index (χ3v) is 11.5. The summed E-state index contributed by atoms with van der Waals surface area (Å²) in [5.74, 6) is -11.8. The van der Waals surface area contributed by atoms with E-state index in [9.17, 15) is 68.4 Å². The number of carboxylic acids is 2. The Labute approximate surface area is 426 Å². The number of nitrogens with one attached hydrogen (secondary N) is 8. The molecule has 25 heteroatoms. The quantitative estimate of drug-likeness (QED) is 0.0323. The average Bonchev–Trinajstić information content (AvgIpc) is 3.29. The molecule has 0 saturated carbocycles. The first-order chi connectivity index (χ1) is 34.1. The van der Waals surface area contributed by atoms with E-state index in [1.54, 1.807) is 27.7 Å². The molecule has 0 bridgehead atoms. The zero-order chi connectivity index (χ0) is 55.7. The van der Waals surface area contributed by atoms with Crippen molar-refractivity contribution in [2.75, 3.05) is 13.1 Å². The number of unbranched alkanes of at least 4 members (excludes halogenated alkanes) is 2. The van der Waals surface area contributed by atoms with Crippen LogP contribution in [0.5, 0.6) is 5.75 Å². The normalized spacial score (nSPS) is 15.4. The number of aliphatic hydroxyl groups is 1. The van der Waals surface area contributed by atoms with Gasteiger partial charge in [-0.2, -0.15) is 0 Å². The highest BCUT2D eigenvalue weighted by atomic mass is 16.4. The topological polar surface area (TPSA) is 426 Å². The van der Waals surface area contributed by atoms with Gasteiger partial charge in [0, 0.05) is 6.42 Å². The number of hydrogen-bond acceptors (Lipinski definition) is 15. The molecule has 25 nitrogen and oxygen atoms in total. The number of phenols is 1. The van der Waals surface area contributed by atoms with Crippen LogP contribution in [0, 0.1) is 17.8 Å². The molecule has 73 heavy (non-hydrogen) atoms. The molecule has 0 fully saturated rings. The van der Waals surface area contributed by atoms with Crippen LogP contribution in [0.4, 0.5) is 0 Å². The molecule has 0 aliphatic carbocycles. The summed E-state index contributed by atoms with van der Waals surface area (Å²) in [6.07, 6.45) is -0.815. The standard InChI is InChI=1S/C48H81N11O14/c1-24(2)21-35(48(72)73)56-42(66)32(14-10-12-20-50)53-47(71)39(28(8)60)59-46(70)38(26(5)6)58-45(69)37(25(3)4)57-44(68)34(23-36(62)63)55-43(67)33(22-29-15-17-30(61)18-16-29)54-41(65)31(13-9-11-19-49)52-40(64)27(7)51/h15-18,24-28,31-35,37-39,60-61H,9-14,19-23,49-51H2,1-8H3,(H,52,64)(H,53,71)(H,54,65)(H,55,67)(H,56,66)(H,57,68)(H,58,69)(H,59,70)(H,62,63)(H,72,73)/t27-,28+,31-,32-,33-,34-,35-,37-,38-,39-/m0/s1. The van der Waals surface area contributed by atoms with Crippen molar-refractivity contribution in [3.8, 4) is 5.75 Å². The van der Waals surface area contributed by atoms with Gasteiger partial charge in [-0.05, 0) is 107 Å². The molecule has 0 heterocycles. The van der Waals surface area contributed by atoms with Gasteiger partial charge >= 0.3 is 11.9 Å². The molecule has 1 rings (SSSR count). The van der Waals surface area contributed by atoms with Gasteiger partial charge in [0.15, 0.2) is 0 Å². The van der Waals surface area contributed by atoms with E-state index < -0.39 is 138 Å². The van der Waals surface area contributed by atoms with Crippen LogP contribution in [0.2, 0.25) is 0 Å². The largest absolute Gasteiger partial charge is 0.508 e. The van der Waals surface area contributed by atoms with Crippen molar-refractivity contribution < 1.29 is 68.4 Å². The number of amides is 8. The van der Waals surface area contributed by atoms with Gasteiger partial charge in [0.05, 0.1) is 18.6 Å². The molecule has 8 amide bonds. The Kier molecular flexibility index (Phi) is 28.8. The number of carboxylic acid groups (broad SMARTS) is 2. The lowest BCUT2D eigenvalue weighted by atomic mass is 9.98. The molecule has 0 unspecified atom stereocenters. The monoisotopic (exact) mass is 1040 g/mol. The lowest BCUT2D eigenvalue weighted by Crippen LogP contribution is -2.63. The van der Waals surface area contributed by atoms with Crippen molar-refractivity contribution in [2.45, 2.75) is 174 Å². The second-order valence-corrected chi connectivity index (χ2v) is 19.3. The van der Waals surface area contributed by atoms with E-state index in [4.69, 9.17) is 17.2 Å². The van der Waals surface area contributed by atoms with Gasteiger partial charge in [0.2, 0.25) is 47.3 Å². The summed E-state index contributed by atoms with van der Waals surface area (Å²) in [6.45, 7) is 12.9. The first kappa shape index (κ1) is 64.6. The van der Waals surface area contributed by atoms with Crippen LogP contribution in [0.25, 0.3) is 0 Å². The number of aromatic hydroxyl groups is 1. The highest BCUT2D eigenvalue weighted by Gasteiger charge is 2.38. The van der Waals surface area contributed by atoms with E-state index in [1.807, 2.05) is 0 Å². The number of aliphatic hydroxyl groups excluding tert-OH is 1. The van der Waals surface area contributed by atoms with Crippen LogP contribution in [0.15, 0.2) is 24.3 Å². The van der Waals surface area contributed by atoms with Crippen molar-refractivity contribution in [1.29, 1.82) is 0 Å². The van der Waals surface area contributed by atoms with Gasteiger partial charge in [-0.1, -0.05) is 53.7 Å². The molecule has 18 N–H and O–H groups in total. The number of carbonyl (C=O) groups is 10. The van der Waals surface area contributed by atoms with Crippen LogP contribution in [0.1, 0.15) is 112 Å². The predicted octanol–water partition coefficient (Wildman–Crippen LogP) is -2.28. The first-order valence-corrected chi connectivity index (χ1v) is 24.6. The van der Waals surface area contributed by atoms with Gasteiger partial charge in [-0.3, -0.25) is 43.2 Å². The number of benzene rings is 1. The first-order valence-electron chi connectivity index (χ1n) is 24.6. The van der Waals surface area contributed by atoms with Gasteiger partial charge in [-0.25, -0.2) is 4.79 Å². The third kappa shape index (κ3) is 23.8. The minimum Gasteiger partial charge on any atom is -0.508 e. The van der Waals surface area contributed by atoms with Crippen LogP contribution in [-0.4, -0.2) is 153 Å². The zero-order valence-electron chi connectivity index (χ0n) is 43.2. The summed E-state index contributed by atoms with van der Waals surface area (Å²) in [5.41, 5.74) is 17.4. The molecule has 1 aromatic carbocycles. The Bertz CT molecular complexity index is 2000. The number of phenolic OH excluding ortho intramolecular Hbond substituents is 1. The molecule has 0 saturated heterocycles. The third-order valence-electron chi connectivity index (χ3n) is 11.5. The van der Waals surface area contributed by atoms with Crippen molar-refractivity contribution in [2.24, 2.45) is 35.0 Å². The number of hydrogen-bond donors (Lipinski definition) is 15. The Morgan fingerprint density at radius 1 is 0.493 bits per heavy atom. The van der Waals surface area contributed by atoms with Crippen LogP contribution >= 0.6 is 0 Å². The molecule has 0 radical (unpaired) electrons. The predicted molar refractivity (Wildman–Crippen MR) is 267 cm³/mol. The summed E-state index contributed by atoms with van der Waals surface area (Å²) in [4.78, 5) is 133. The Morgan fingerprint density at radius 3 is 1.29 bits per heavy atom. The summed E-state index contributed by atoms with van der Waals surface area (Å²) in [5, 5.41) is 59.9. The highest BCUT2D eigenvalue weighted by molar-refractivity contribution is 5.99. The van der Waals surface area contributed by atoms with E-state index in [2.05, 4.69) is 42.5 Å². The van der Waals surface area contributed by atoms with Gasteiger partial charge in [0.25, 0.3) is 0 Å². The van der Waals surface area contributed by atoms with Crippen LogP contribution < -0.4 is 59.7 Å². The SMILES string of the molecule is CC(C)C[C@H](NC(=O)[C@H](CCCCN)NC(=O)[C@@H](NC(=O)[C@@H](NC(=O)[C@@H](NC(=O)[C@H](CC(=O)O)NC(=O)[C@H](Cc1ccc(O)cc1)NC(=O)[C@H](CCCCN)NC(=O)[C@H](C)N)C(C)C)C(C)C)[C@@H](C)O)C(=O)O. The molecule has 0 aliphatic rings. The fourth-order valence-electron chi connectivity index (χ4n) is 7.27. The van der Waals surface area contributed by atoms with Crippen LogP contribution in [-0.2, 0) is 54.4 Å². The van der Waals surface area contributed by atoms with Crippen molar-refractivity contribution in [1.82, 2.24) is 42.5 Å². The van der Waals surface area contributed by atoms with Crippen LogP contribution in [0.3, 0.4) is 0 Å². The zero-order valence-corrected chi connectivity index (χ0v) is 43.2. The Morgan fingerprint density at radius 2 is 0.877 bits per heavy atom. The van der Waals surface area contributed by atoms with Gasteiger partial charge in [-0.15, -0.1) is 0 Å². The highest BCUT2D eigenvalue weighted by Crippen LogP contribution is 2.14. The smallest absolute Gasteiger partial charge is 0.326 e. The van der Waals surface area contributed by atoms with Crippen molar-refractivity contribution in [3.63, 3.8) is 0 Å². The lowest BCUT2D eigenvalue weighted by molar-refractivity contribution is -0.143. The molecule has 1 aromatic rings. The molecular formula is C48H81N11O14. The molecule has 10 atom stereocenters. The second kappa shape index (κ2) is 32.6. The van der Waals surface area contributed by atoms with Crippen molar-refractivity contribution in [3.05, 3.63) is 29.8 Å². The van der Waals surface area contributed by atoms with E-state index >= 15 is 0 Å². The average molecular weight is 1040 g/mol. The van der Waals surface area contributed by atoms with E-state index in [1.165, 1.54) is 52.0 Å². The van der Waals surface area contributed by atoms with Gasteiger partial charge < -0.3 is 80.2 Å². The Balaban J connectivity index is 3.44. The number of carbonyl (C=O) groups excluding carboxylic acids is 8.